The number of alkyl halides is 3. The molecule has 2 aromatic rings. The summed E-state index contributed by atoms with van der Waals surface area (Å²) >= 11 is 0. The number of amides is 2. The van der Waals surface area contributed by atoms with Crippen molar-refractivity contribution in [1.82, 2.24) is 15.5 Å². The van der Waals surface area contributed by atoms with Crippen LogP contribution in [0.2, 0.25) is 0 Å². The van der Waals surface area contributed by atoms with E-state index in [-0.39, 0.29) is 35.5 Å². The highest BCUT2D eigenvalue weighted by molar-refractivity contribution is 5.86. The van der Waals surface area contributed by atoms with E-state index >= 15 is 0 Å². The van der Waals surface area contributed by atoms with Gasteiger partial charge in [-0.25, -0.2) is 9.18 Å². The van der Waals surface area contributed by atoms with Gasteiger partial charge in [0.1, 0.15) is 5.82 Å². The van der Waals surface area contributed by atoms with Crippen LogP contribution in [0.4, 0.5) is 17.6 Å². The molecule has 0 aromatic heterocycles. The van der Waals surface area contributed by atoms with E-state index in [1.807, 2.05) is 30.3 Å². The zero-order chi connectivity index (χ0) is 29.1. The average Bonchev–Trinajstić information content (AvgIpc) is 3.66. The number of rotatable bonds is 6. The van der Waals surface area contributed by atoms with E-state index in [2.05, 4.69) is 34.6 Å². The summed E-state index contributed by atoms with van der Waals surface area (Å²) in [4.78, 5) is 36.8. The standard InChI is InChI=1S/C27H32FN3O2.C2HF3O2/c1-18(30-25(32)23-15-22(23)19-5-3-2-4-6-19)17-31-13-11-27(12-14-31)24(16-29-26(27)33)20-7-9-21(28)10-8-20;3-2(4,5)1(6)7/h2-10,18,22-24H,11-17H2,1H3,(H,29,33)(H,30,32);(H,6,7)/t18-,22-,23?,24+;/m0./s1. The van der Waals surface area contributed by atoms with E-state index in [9.17, 15) is 27.2 Å². The highest BCUT2D eigenvalue weighted by Gasteiger charge is 2.52. The first-order valence-electron chi connectivity index (χ1n) is 13.3. The number of likely N-dealkylation sites (tertiary alicyclic amines) is 1. The Morgan fingerprint density at radius 1 is 1.07 bits per heavy atom. The molecule has 2 aliphatic heterocycles. The summed E-state index contributed by atoms with van der Waals surface area (Å²) in [5.74, 6) is -2.23. The van der Waals surface area contributed by atoms with Gasteiger partial charge in [0.15, 0.2) is 0 Å². The van der Waals surface area contributed by atoms with Crippen molar-refractivity contribution in [1.29, 1.82) is 0 Å². The molecule has 0 radical (unpaired) electrons. The maximum atomic E-state index is 13.4. The van der Waals surface area contributed by atoms with Crippen LogP contribution in [0.15, 0.2) is 54.6 Å². The number of halogens is 4. The fraction of sp³-hybridized carbons (Fsp3) is 0.483. The van der Waals surface area contributed by atoms with Crippen molar-refractivity contribution in [2.24, 2.45) is 11.3 Å². The minimum atomic E-state index is -5.08. The van der Waals surface area contributed by atoms with Gasteiger partial charge >= 0.3 is 12.1 Å². The summed E-state index contributed by atoms with van der Waals surface area (Å²) in [7, 11) is 0. The molecule has 1 spiro atoms. The van der Waals surface area contributed by atoms with Crippen LogP contribution < -0.4 is 10.6 Å². The predicted molar refractivity (Wildman–Crippen MR) is 139 cm³/mol. The number of carbonyl (C=O) groups excluding carboxylic acids is 2. The number of carboxylic acid groups (broad SMARTS) is 1. The number of carbonyl (C=O) groups is 3. The molecule has 0 bridgehead atoms. The number of hydrogen-bond donors (Lipinski definition) is 3. The van der Waals surface area contributed by atoms with Gasteiger partial charge < -0.3 is 20.6 Å². The third-order valence-corrected chi connectivity index (χ3v) is 8.12. The molecule has 2 saturated heterocycles. The van der Waals surface area contributed by atoms with Gasteiger partial charge in [-0.2, -0.15) is 13.2 Å². The van der Waals surface area contributed by atoms with Gasteiger partial charge in [0.2, 0.25) is 11.8 Å². The highest BCUT2D eigenvalue weighted by atomic mass is 19.4. The molecule has 11 heteroatoms. The Morgan fingerprint density at radius 2 is 1.68 bits per heavy atom. The Kier molecular flexibility index (Phi) is 8.82. The van der Waals surface area contributed by atoms with Crippen molar-refractivity contribution in [3.05, 3.63) is 71.5 Å². The fourth-order valence-electron chi connectivity index (χ4n) is 5.90. The van der Waals surface area contributed by atoms with Crippen LogP contribution in [-0.4, -0.2) is 66.2 Å². The second-order valence-corrected chi connectivity index (χ2v) is 10.8. The van der Waals surface area contributed by atoms with Gasteiger partial charge in [0.25, 0.3) is 0 Å². The van der Waals surface area contributed by atoms with E-state index in [0.29, 0.717) is 12.5 Å². The van der Waals surface area contributed by atoms with Crippen molar-refractivity contribution in [3.8, 4) is 0 Å². The molecule has 3 fully saturated rings. The Balaban J connectivity index is 0.000000470. The summed E-state index contributed by atoms with van der Waals surface area (Å²) in [5, 5.41) is 13.4. The molecule has 7 nitrogen and oxygen atoms in total. The topological polar surface area (TPSA) is 98.7 Å². The lowest BCUT2D eigenvalue weighted by Gasteiger charge is -2.41. The van der Waals surface area contributed by atoms with Gasteiger partial charge in [-0.1, -0.05) is 42.5 Å². The lowest BCUT2D eigenvalue weighted by molar-refractivity contribution is -0.192. The predicted octanol–water partition coefficient (Wildman–Crippen LogP) is 4.06. The molecule has 5 rings (SSSR count). The Labute approximate surface area is 229 Å². The molecule has 3 N–H and O–H groups in total. The number of hydrogen-bond acceptors (Lipinski definition) is 4. The van der Waals surface area contributed by atoms with Gasteiger partial charge in [-0.3, -0.25) is 9.59 Å². The first kappa shape index (κ1) is 29.5. The van der Waals surface area contributed by atoms with Crippen LogP contribution in [0.3, 0.4) is 0 Å². The van der Waals surface area contributed by atoms with Crippen LogP contribution >= 0.6 is 0 Å². The summed E-state index contributed by atoms with van der Waals surface area (Å²) in [6.45, 7) is 5.10. The Bertz CT molecular complexity index is 1200. The second-order valence-electron chi connectivity index (χ2n) is 10.8. The Morgan fingerprint density at radius 3 is 2.25 bits per heavy atom. The van der Waals surface area contributed by atoms with Gasteiger partial charge in [0, 0.05) is 31.0 Å². The third-order valence-electron chi connectivity index (χ3n) is 8.12. The molecule has 2 aromatic carbocycles. The van der Waals surface area contributed by atoms with Gasteiger partial charge in [-0.15, -0.1) is 0 Å². The lowest BCUT2D eigenvalue weighted by atomic mass is 9.68. The highest BCUT2D eigenvalue weighted by Crippen LogP contribution is 2.48. The van der Waals surface area contributed by atoms with E-state index in [4.69, 9.17) is 9.90 Å². The number of aliphatic carboxylic acids is 1. The zero-order valence-electron chi connectivity index (χ0n) is 22.1. The van der Waals surface area contributed by atoms with Crippen molar-refractivity contribution < 1.29 is 37.1 Å². The summed E-state index contributed by atoms with van der Waals surface area (Å²) in [6, 6.07) is 16.9. The van der Waals surface area contributed by atoms with Crippen LogP contribution in [-0.2, 0) is 14.4 Å². The van der Waals surface area contributed by atoms with Crippen molar-refractivity contribution in [2.45, 2.75) is 50.2 Å². The van der Waals surface area contributed by atoms with Gasteiger partial charge in [-0.05, 0) is 68.5 Å². The molecule has 1 saturated carbocycles. The SMILES string of the molecule is C[C@@H](CN1CCC2(CC1)C(=O)NC[C@@H]2c1ccc(F)cc1)NC(=O)C1C[C@H]1c1ccccc1.O=C(O)C(F)(F)F. The van der Waals surface area contributed by atoms with E-state index in [1.165, 1.54) is 17.7 Å². The average molecular weight is 564 g/mol. The van der Waals surface area contributed by atoms with Crippen LogP contribution in [0.25, 0.3) is 0 Å². The number of benzene rings is 2. The molecular formula is C29H33F4N3O4. The van der Waals surface area contributed by atoms with Crippen LogP contribution in [0.5, 0.6) is 0 Å². The smallest absolute Gasteiger partial charge is 0.475 e. The molecule has 2 amide bonds. The van der Waals surface area contributed by atoms with E-state index in [1.54, 1.807) is 0 Å². The molecule has 2 heterocycles. The molecule has 216 valence electrons. The number of carboxylic acids is 1. The molecule has 1 aliphatic carbocycles. The summed E-state index contributed by atoms with van der Waals surface area (Å²) in [5.41, 5.74) is 1.86. The maximum Gasteiger partial charge on any atom is 0.490 e. The molecular weight excluding hydrogens is 530 g/mol. The monoisotopic (exact) mass is 563 g/mol. The van der Waals surface area contributed by atoms with Crippen LogP contribution in [0, 0.1) is 17.2 Å². The Hall–Kier alpha value is -3.47. The third kappa shape index (κ3) is 6.80. The van der Waals surface area contributed by atoms with Crippen molar-refractivity contribution in [3.63, 3.8) is 0 Å². The minimum Gasteiger partial charge on any atom is -0.475 e. The van der Waals surface area contributed by atoms with Crippen LogP contribution in [0.1, 0.15) is 49.1 Å². The number of nitrogens with zero attached hydrogens (tertiary/aromatic N) is 1. The molecule has 40 heavy (non-hydrogen) atoms. The largest absolute Gasteiger partial charge is 0.490 e. The molecule has 3 aliphatic rings. The first-order valence-corrected chi connectivity index (χ1v) is 13.3. The zero-order valence-corrected chi connectivity index (χ0v) is 22.1. The normalized spacial score (nSPS) is 24.4. The van der Waals surface area contributed by atoms with Crippen molar-refractivity contribution in [2.75, 3.05) is 26.2 Å². The second kappa shape index (κ2) is 12.0. The maximum absolute atomic E-state index is 13.4. The van der Waals surface area contributed by atoms with E-state index < -0.39 is 17.6 Å². The molecule has 4 atom stereocenters. The summed E-state index contributed by atoms with van der Waals surface area (Å²) in [6.07, 6.45) is -2.60. The van der Waals surface area contributed by atoms with E-state index in [0.717, 1.165) is 44.5 Å². The fourth-order valence-corrected chi connectivity index (χ4v) is 5.90. The van der Waals surface area contributed by atoms with Gasteiger partial charge in [0.05, 0.1) is 5.41 Å². The summed E-state index contributed by atoms with van der Waals surface area (Å²) < 4.78 is 45.1. The first-order chi connectivity index (χ1) is 18.9. The molecule has 1 unspecified atom stereocenters. The number of nitrogens with one attached hydrogen (secondary N) is 2. The van der Waals surface area contributed by atoms with Crippen molar-refractivity contribution >= 4 is 17.8 Å². The minimum absolute atomic E-state index is 0.0638. The quantitative estimate of drug-likeness (QED) is 0.461. The lowest BCUT2D eigenvalue weighted by Crippen LogP contribution is -2.50. The number of piperidine rings is 1.